The number of esters is 1. The zero-order valence-electron chi connectivity index (χ0n) is 12.3. The zero-order chi connectivity index (χ0) is 14.6. The van der Waals surface area contributed by atoms with E-state index in [4.69, 9.17) is 18.0 Å². The molecule has 0 atom stereocenters. The zero-order valence-corrected chi connectivity index (χ0v) is 13.3. The third-order valence-electron chi connectivity index (χ3n) is 2.97. The first-order chi connectivity index (χ1) is 9.14. The monoisotopic (exact) mass is 290 g/mol. The molecule has 0 aliphatic rings. The van der Waals surface area contributed by atoms with Gasteiger partial charge in [0.25, 0.3) is 0 Å². The summed E-state index contributed by atoms with van der Waals surface area (Å²) >= 11 is 0. The number of ether oxygens (including phenoxy) is 1. The van der Waals surface area contributed by atoms with Gasteiger partial charge >= 0.3 is 14.8 Å². The lowest BCUT2D eigenvalue weighted by atomic mass is 10.2. The highest BCUT2D eigenvalue weighted by molar-refractivity contribution is 6.60. The third-order valence-corrected chi connectivity index (χ3v) is 5.80. The first kappa shape index (κ1) is 18.3. The lowest BCUT2D eigenvalue weighted by Gasteiger charge is -2.24. The molecule has 0 radical (unpaired) electrons. The Kier molecular flexibility index (Phi) is 10.8. The van der Waals surface area contributed by atoms with Crippen LogP contribution in [0.4, 0.5) is 0 Å². The third kappa shape index (κ3) is 8.15. The summed E-state index contributed by atoms with van der Waals surface area (Å²) in [6.07, 6.45) is 6.35. The van der Waals surface area contributed by atoms with E-state index in [2.05, 4.69) is 6.58 Å². The highest BCUT2D eigenvalue weighted by Crippen LogP contribution is 2.17. The van der Waals surface area contributed by atoms with Crippen molar-refractivity contribution in [2.75, 3.05) is 27.9 Å². The van der Waals surface area contributed by atoms with Crippen molar-refractivity contribution in [3.63, 3.8) is 0 Å². The molecule has 0 saturated carbocycles. The maximum absolute atomic E-state index is 10.8. The Morgan fingerprint density at radius 3 is 2.05 bits per heavy atom. The first-order valence-corrected chi connectivity index (χ1v) is 8.52. The van der Waals surface area contributed by atoms with Gasteiger partial charge in [-0.1, -0.05) is 25.8 Å². The van der Waals surface area contributed by atoms with Gasteiger partial charge in [0.15, 0.2) is 0 Å². The molecular weight excluding hydrogens is 264 g/mol. The van der Waals surface area contributed by atoms with Crippen molar-refractivity contribution in [3.8, 4) is 0 Å². The predicted octanol–water partition coefficient (Wildman–Crippen LogP) is 2.54. The molecule has 112 valence electrons. The number of hydrogen-bond donors (Lipinski definition) is 0. The molecule has 0 spiro atoms. The van der Waals surface area contributed by atoms with Crippen molar-refractivity contribution < 1.29 is 22.8 Å². The van der Waals surface area contributed by atoms with Gasteiger partial charge in [0, 0.05) is 33.4 Å². The van der Waals surface area contributed by atoms with E-state index in [-0.39, 0.29) is 5.97 Å². The van der Waals surface area contributed by atoms with Gasteiger partial charge in [-0.3, -0.25) is 0 Å². The van der Waals surface area contributed by atoms with Crippen LogP contribution in [0.1, 0.15) is 32.1 Å². The van der Waals surface area contributed by atoms with Gasteiger partial charge in [-0.2, -0.15) is 0 Å². The standard InChI is InChI=1S/C13H26O5Si/c1-5-13(14)18-11-9-7-6-8-10-12-19(15-2,16-3)17-4/h5H,1,6-12H2,2-4H3. The number of carbonyl (C=O) groups is 1. The fourth-order valence-electron chi connectivity index (χ4n) is 1.76. The van der Waals surface area contributed by atoms with Gasteiger partial charge in [0.1, 0.15) is 0 Å². The van der Waals surface area contributed by atoms with Crippen LogP contribution in [0.25, 0.3) is 0 Å². The summed E-state index contributed by atoms with van der Waals surface area (Å²) in [4.78, 5) is 10.8. The van der Waals surface area contributed by atoms with Gasteiger partial charge in [-0.05, 0) is 12.8 Å². The predicted molar refractivity (Wildman–Crippen MR) is 75.8 cm³/mol. The minimum atomic E-state index is -2.39. The van der Waals surface area contributed by atoms with Crippen LogP contribution >= 0.6 is 0 Å². The van der Waals surface area contributed by atoms with Crippen molar-refractivity contribution in [2.45, 2.75) is 38.1 Å². The first-order valence-electron chi connectivity index (χ1n) is 6.58. The molecule has 0 aliphatic heterocycles. The second-order valence-corrected chi connectivity index (χ2v) is 7.28. The maximum atomic E-state index is 10.8. The van der Waals surface area contributed by atoms with Crippen LogP contribution in [-0.4, -0.2) is 42.7 Å². The molecule has 6 heteroatoms. The fourth-order valence-corrected chi connectivity index (χ4v) is 3.56. The highest BCUT2D eigenvalue weighted by Gasteiger charge is 2.36. The molecule has 0 bridgehead atoms. The molecular formula is C13H26O5Si. The second kappa shape index (κ2) is 11.2. The van der Waals surface area contributed by atoms with Crippen LogP contribution in [-0.2, 0) is 22.8 Å². The van der Waals surface area contributed by atoms with Crippen LogP contribution in [0.15, 0.2) is 12.7 Å². The molecule has 0 saturated heterocycles. The Bertz CT molecular complexity index is 245. The molecule has 0 heterocycles. The summed E-state index contributed by atoms with van der Waals surface area (Å²) in [5.41, 5.74) is 0. The van der Waals surface area contributed by atoms with E-state index in [0.717, 1.165) is 38.1 Å². The topological polar surface area (TPSA) is 54.0 Å². The van der Waals surface area contributed by atoms with E-state index in [9.17, 15) is 4.79 Å². The van der Waals surface area contributed by atoms with Gasteiger partial charge in [0.05, 0.1) is 6.61 Å². The average Bonchev–Trinajstić information content (AvgIpc) is 2.46. The van der Waals surface area contributed by atoms with Gasteiger partial charge < -0.3 is 18.0 Å². The van der Waals surface area contributed by atoms with Crippen molar-refractivity contribution >= 4 is 14.8 Å². The number of hydrogen-bond acceptors (Lipinski definition) is 5. The molecule has 0 N–H and O–H groups in total. The van der Waals surface area contributed by atoms with Gasteiger partial charge in [-0.15, -0.1) is 0 Å². The molecule has 0 aromatic rings. The van der Waals surface area contributed by atoms with E-state index in [1.165, 1.54) is 6.08 Å². The van der Waals surface area contributed by atoms with Gasteiger partial charge in [0.2, 0.25) is 0 Å². The minimum Gasteiger partial charge on any atom is -0.463 e. The van der Waals surface area contributed by atoms with E-state index in [1.54, 1.807) is 21.3 Å². The number of unbranched alkanes of at least 4 members (excludes halogenated alkanes) is 4. The largest absolute Gasteiger partial charge is 0.500 e. The molecule has 0 aromatic carbocycles. The lowest BCUT2D eigenvalue weighted by molar-refractivity contribution is -0.137. The molecule has 19 heavy (non-hydrogen) atoms. The number of carbonyl (C=O) groups excluding carboxylic acids is 1. The summed E-state index contributed by atoms with van der Waals surface area (Å²) in [5, 5.41) is 0. The smallest absolute Gasteiger partial charge is 0.463 e. The van der Waals surface area contributed by atoms with Crippen molar-refractivity contribution in [1.82, 2.24) is 0 Å². The van der Waals surface area contributed by atoms with Crippen LogP contribution in [0.5, 0.6) is 0 Å². The van der Waals surface area contributed by atoms with Crippen LogP contribution in [0.3, 0.4) is 0 Å². The number of rotatable bonds is 12. The molecule has 0 aliphatic carbocycles. The summed E-state index contributed by atoms with van der Waals surface area (Å²) in [7, 11) is 2.50. The Morgan fingerprint density at radius 2 is 1.53 bits per heavy atom. The molecule has 0 fully saturated rings. The van der Waals surface area contributed by atoms with Gasteiger partial charge in [-0.25, -0.2) is 4.79 Å². The molecule has 0 amide bonds. The summed E-state index contributed by atoms with van der Waals surface area (Å²) in [6.45, 7) is 3.81. The molecule has 0 aromatic heterocycles. The Hall–Kier alpha value is -0.693. The molecule has 0 rings (SSSR count). The SMILES string of the molecule is C=CC(=O)OCCCCCCC[Si](OC)(OC)OC. The normalized spacial score (nSPS) is 11.3. The summed E-state index contributed by atoms with van der Waals surface area (Å²) in [6, 6.07) is 0.835. The quantitative estimate of drug-likeness (QED) is 0.239. The summed E-state index contributed by atoms with van der Waals surface area (Å²) < 4.78 is 20.9. The average molecular weight is 290 g/mol. The van der Waals surface area contributed by atoms with Crippen LogP contribution in [0, 0.1) is 0 Å². The summed E-state index contributed by atoms with van der Waals surface area (Å²) in [5.74, 6) is -0.351. The lowest BCUT2D eigenvalue weighted by Crippen LogP contribution is -2.42. The Balaban J connectivity index is 3.49. The van der Waals surface area contributed by atoms with Crippen molar-refractivity contribution in [1.29, 1.82) is 0 Å². The molecule has 0 unspecified atom stereocenters. The van der Waals surface area contributed by atoms with E-state index >= 15 is 0 Å². The maximum Gasteiger partial charge on any atom is 0.500 e. The van der Waals surface area contributed by atoms with Crippen molar-refractivity contribution in [2.24, 2.45) is 0 Å². The second-order valence-electron chi connectivity index (χ2n) is 4.18. The van der Waals surface area contributed by atoms with Crippen LogP contribution in [0.2, 0.25) is 6.04 Å². The Morgan fingerprint density at radius 1 is 1.00 bits per heavy atom. The van der Waals surface area contributed by atoms with E-state index in [0.29, 0.717) is 6.61 Å². The van der Waals surface area contributed by atoms with E-state index in [1.807, 2.05) is 0 Å². The minimum absolute atomic E-state index is 0.351. The van der Waals surface area contributed by atoms with E-state index < -0.39 is 8.80 Å². The Labute approximate surface area is 117 Å². The van der Waals surface area contributed by atoms with Crippen molar-refractivity contribution in [3.05, 3.63) is 12.7 Å². The fraction of sp³-hybridized carbons (Fsp3) is 0.769. The molecule has 5 nitrogen and oxygen atoms in total. The van der Waals surface area contributed by atoms with Crippen LogP contribution < -0.4 is 0 Å². The highest BCUT2D eigenvalue weighted by atomic mass is 28.4.